The zero-order valence-corrected chi connectivity index (χ0v) is 18.5. The molecule has 29 heavy (non-hydrogen) atoms. The van der Waals surface area contributed by atoms with E-state index in [0.29, 0.717) is 19.1 Å². The lowest BCUT2D eigenvalue weighted by atomic mass is 10.2. The van der Waals surface area contributed by atoms with Crippen LogP contribution in [0.25, 0.3) is 0 Å². The van der Waals surface area contributed by atoms with E-state index in [4.69, 9.17) is 0 Å². The van der Waals surface area contributed by atoms with Crippen molar-refractivity contribution >= 4 is 41.0 Å². The molecule has 7 nitrogen and oxygen atoms in total. The van der Waals surface area contributed by atoms with Crippen molar-refractivity contribution in [2.45, 2.75) is 88.5 Å². The van der Waals surface area contributed by atoms with Crippen LogP contribution in [0.2, 0.25) is 0 Å². The molecule has 0 rings (SSSR count). The fourth-order valence-electron chi connectivity index (χ4n) is 0.671. The van der Waals surface area contributed by atoms with Gasteiger partial charge in [-0.1, -0.05) is 20.4 Å². The number of allylic oxidation sites excluding steroid dienone is 1. The van der Waals surface area contributed by atoms with Crippen LogP contribution in [0.15, 0.2) is 12.7 Å². The molecule has 0 aromatic heterocycles. The zero-order chi connectivity index (χ0) is 23.7. The summed E-state index contributed by atoms with van der Waals surface area (Å²) in [4.78, 5) is 68.5. The maximum absolute atomic E-state index is 10.0. The molecule has 0 atom stereocenters. The van der Waals surface area contributed by atoms with E-state index < -0.39 is 0 Å². The second kappa shape index (κ2) is 33.0. The van der Waals surface area contributed by atoms with Gasteiger partial charge in [-0.3, -0.25) is 19.2 Å². The van der Waals surface area contributed by atoms with Crippen LogP contribution in [0.3, 0.4) is 0 Å². The predicted molar refractivity (Wildman–Crippen MR) is 117 cm³/mol. The van der Waals surface area contributed by atoms with Crippen LogP contribution in [0.1, 0.15) is 88.5 Å². The van der Waals surface area contributed by atoms with Crippen LogP contribution in [-0.4, -0.2) is 41.0 Å². The van der Waals surface area contributed by atoms with Gasteiger partial charge in [0.05, 0.1) is 12.8 Å². The fraction of sp³-hybridized carbons (Fsp3) is 0.591. The maximum atomic E-state index is 10.0. The van der Waals surface area contributed by atoms with Gasteiger partial charge < -0.3 is 14.4 Å². The Morgan fingerprint density at radius 3 is 0.931 bits per heavy atom. The second-order valence-electron chi connectivity index (χ2n) is 5.81. The molecule has 0 aliphatic heterocycles. The van der Waals surface area contributed by atoms with Gasteiger partial charge in [0.15, 0.2) is 0 Å². The van der Waals surface area contributed by atoms with Gasteiger partial charge in [0.25, 0.3) is 0 Å². The number of ketones is 6. The average Bonchev–Trinajstić information content (AvgIpc) is 2.46. The maximum Gasteiger partial charge on any atom is 0.137 e. The number of hydrogen-bond acceptors (Lipinski definition) is 7. The SMILES string of the molecule is C.C=CCC(C)=O.CC(=O)CC(C)=O.CC(=O)CC=O.CC(C)=O.CCC(C)=O. The van der Waals surface area contributed by atoms with Gasteiger partial charge in [-0.25, -0.2) is 0 Å². The van der Waals surface area contributed by atoms with Gasteiger partial charge in [0.2, 0.25) is 0 Å². The van der Waals surface area contributed by atoms with E-state index in [1.807, 2.05) is 6.92 Å². The third-order valence-corrected chi connectivity index (χ3v) is 1.80. The molecule has 0 saturated carbocycles. The van der Waals surface area contributed by atoms with Crippen LogP contribution in [-0.2, 0) is 33.6 Å². The van der Waals surface area contributed by atoms with Gasteiger partial charge in [0.1, 0.15) is 41.0 Å². The predicted octanol–water partition coefficient (Wildman–Crippen LogP) is 4.09. The Morgan fingerprint density at radius 2 is 0.931 bits per heavy atom. The van der Waals surface area contributed by atoms with Gasteiger partial charge in [-0.2, -0.15) is 0 Å². The largest absolute Gasteiger partial charge is 0.303 e. The van der Waals surface area contributed by atoms with Gasteiger partial charge in [-0.15, -0.1) is 6.58 Å². The van der Waals surface area contributed by atoms with Crippen molar-refractivity contribution in [3.63, 3.8) is 0 Å². The number of carbonyl (C=O) groups excluding carboxylic acids is 7. The lowest BCUT2D eigenvalue weighted by molar-refractivity contribution is -0.125. The molecule has 0 unspecified atom stereocenters. The smallest absolute Gasteiger partial charge is 0.137 e. The van der Waals surface area contributed by atoms with Crippen molar-refractivity contribution in [3.8, 4) is 0 Å². The van der Waals surface area contributed by atoms with E-state index in [-0.39, 0.29) is 55.0 Å². The van der Waals surface area contributed by atoms with E-state index in [9.17, 15) is 33.6 Å². The zero-order valence-electron chi connectivity index (χ0n) is 18.5. The molecule has 0 bridgehead atoms. The number of Topliss-reactive ketones (excluding diaryl/α,β-unsaturated/α-hetero) is 6. The third kappa shape index (κ3) is 157. The fourth-order valence-corrected chi connectivity index (χ4v) is 0.671. The molecule has 0 radical (unpaired) electrons. The third-order valence-electron chi connectivity index (χ3n) is 1.80. The standard InChI is InChI=1S/C5H8O2.C5H8O.C4H6O2.C4H8O.C3H6O.CH4/c1-4(6)3-5(2)7;1-3-4-5(2)6;1-4(6)2-3-5;1-3-4(2)5;1-3(2)4;/h3H2,1-2H3;3H,1,4H2,2H3;3H,2H2,1H3;3H2,1-2H3;1-2H3;1H4. The monoisotopic (exact) mass is 416 g/mol. The molecule has 0 fully saturated rings. The molecule has 0 aliphatic rings. The van der Waals surface area contributed by atoms with Crippen molar-refractivity contribution in [3.05, 3.63) is 12.7 Å². The summed E-state index contributed by atoms with van der Waals surface area (Å²) in [5.74, 6) is 0.389. The van der Waals surface area contributed by atoms with Crippen LogP contribution < -0.4 is 0 Å². The van der Waals surface area contributed by atoms with E-state index in [0.717, 1.165) is 0 Å². The summed E-state index contributed by atoms with van der Waals surface area (Å²) in [7, 11) is 0. The molecule has 0 N–H and O–H groups in total. The molecule has 0 spiro atoms. The van der Waals surface area contributed by atoms with Crippen LogP contribution in [0.4, 0.5) is 0 Å². The van der Waals surface area contributed by atoms with E-state index in [1.165, 1.54) is 34.6 Å². The first kappa shape index (κ1) is 40.9. The highest BCUT2D eigenvalue weighted by Crippen LogP contribution is 1.80. The van der Waals surface area contributed by atoms with Crippen molar-refractivity contribution in [2.24, 2.45) is 0 Å². The highest BCUT2D eigenvalue weighted by molar-refractivity contribution is 5.96. The topological polar surface area (TPSA) is 119 Å². The van der Waals surface area contributed by atoms with Gasteiger partial charge in [0, 0.05) is 12.8 Å². The number of carbonyl (C=O) groups is 7. The minimum Gasteiger partial charge on any atom is -0.303 e. The Morgan fingerprint density at radius 1 is 0.655 bits per heavy atom. The van der Waals surface area contributed by atoms with Crippen molar-refractivity contribution in [1.29, 1.82) is 0 Å². The summed E-state index contributed by atoms with van der Waals surface area (Å²) in [5.41, 5.74) is 0. The molecule has 7 heteroatoms. The van der Waals surface area contributed by atoms with Crippen molar-refractivity contribution in [2.75, 3.05) is 0 Å². The molecular formula is C22H40O7. The Labute approximate surface area is 176 Å². The first-order valence-electron chi connectivity index (χ1n) is 8.66. The minimum atomic E-state index is -0.0787. The summed E-state index contributed by atoms with van der Waals surface area (Å²) < 4.78 is 0. The Balaban J connectivity index is -0.0000000572. The van der Waals surface area contributed by atoms with E-state index >= 15 is 0 Å². The number of hydrogen-bond donors (Lipinski definition) is 0. The molecule has 0 aromatic carbocycles. The number of rotatable bonds is 7. The van der Waals surface area contributed by atoms with Crippen molar-refractivity contribution < 1.29 is 33.6 Å². The minimum absolute atomic E-state index is 0. The molecular weight excluding hydrogens is 376 g/mol. The van der Waals surface area contributed by atoms with Crippen LogP contribution in [0, 0.1) is 0 Å². The van der Waals surface area contributed by atoms with Gasteiger partial charge in [-0.05, 0) is 48.5 Å². The summed E-state index contributed by atoms with van der Waals surface area (Å²) in [5, 5.41) is 0. The van der Waals surface area contributed by atoms with E-state index in [2.05, 4.69) is 6.58 Å². The molecule has 170 valence electrons. The molecule has 0 heterocycles. The highest BCUT2D eigenvalue weighted by atomic mass is 16.2. The highest BCUT2D eigenvalue weighted by Gasteiger charge is 1.94. The van der Waals surface area contributed by atoms with Crippen LogP contribution >= 0.6 is 0 Å². The molecule has 0 amide bonds. The lowest BCUT2D eigenvalue weighted by Gasteiger charge is -1.81. The van der Waals surface area contributed by atoms with Crippen LogP contribution in [0.5, 0.6) is 0 Å². The lowest BCUT2D eigenvalue weighted by Crippen LogP contribution is -1.97. The Bertz CT molecular complexity index is 467. The summed E-state index contributed by atoms with van der Waals surface area (Å²) in [6, 6.07) is 0. The first-order valence-corrected chi connectivity index (χ1v) is 8.66. The first-order chi connectivity index (χ1) is 12.7. The van der Waals surface area contributed by atoms with Crippen molar-refractivity contribution in [1.82, 2.24) is 0 Å². The van der Waals surface area contributed by atoms with E-state index in [1.54, 1.807) is 19.9 Å². The van der Waals surface area contributed by atoms with Gasteiger partial charge >= 0.3 is 0 Å². The average molecular weight is 417 g/mol. The molecule has 0 aromatic rings. The Hall–Kier alpha value is -2.57. The number of aldehydes is 1. The summed E-state index contributed by atoms with van der Waals surface area (Å²) >= 11 is 0. The quantitative estimate of drug-likeness (QED) is 0.348. The summed E-state index contributed by atoms with van der Waals surface area (Å²) in [6.07, 6.45) is 3.50. The Kier molecular flexibility index (Phi) is 46.7. The second-order valence-corrected chi connectivity index (χ2v) is 5.81. The molecule has 0 saturated heterocycles. The molecule has 0 aliphatic carbocycles. The normalized spacial score (nSPS) is 7.31. The summed E-state index contributed by atoms with van der Waals surface area (Å²) in [6.45, 7) is 15.6.